The molecule has 0 spiro atoms. The predicted molar refractivity (Wildman–Crippen MR) is 88.4 cm³/mol. The molecular weight excluding hydrogens is 320 g/mol. The van der Waals surface area contributed by atoms with Crippen LogP contribution in [0.2, 0.25) is 5.02 Å². The third kappa shape index (κ3) is 2.82. The van der Waals surface area contributed by atoms with Crippen molar-refractivity contribution in [2.24, 2.45) is 7.05 Å². The van der Waals surface area contributed by atoms with E-state index < -0.39 is 0 Å². The van der Waals surface area contributed by atoms with Crippen LogP contribution in [-0.2, 0) is 18.4 Å². The largest absolute Gasteiger partial charge is 0.351 e. The summed E-state index contributed by atoms with van der Waals surface area (Å²) in [5.41, 5.74) is 1.63. The van der Waals surface area contributed by atoms with Crippen molar-refractivity contribution in [3.8, 4) is 0 Å². The van der Waals surface area contributed by atoms with E-state index in [-0.39, 0.29) is 17.7 Å². The van der Waals surface area contributed by atoms with Gasteiger partial charge in [-0.05, 0) is 41.6 Å². The van der Waals surface area contributed by atoms with Crippen LogP contribution >= 0.6 is 23.4 Å². The van der Waals surface area contributed by atoms with Gasteiger partial charge in [0.15, 0.2) is 0 Å². The molecule has 6 heteroatoms. The van der Waals surface area contributed by atoms with Gasteiger partial charge in [-0.2, -0.15) is 0 Å². The van der Waals surface area contributed by atoms with Gasteiger partial charge < -0.3 is 4.57 Å². The number of thioether (sulfide) groups is 1. The quantitative estimate of drug-likeness (QED) is 0.800. The SMILES string of the molecule is Cn1cccc1/C=C1\SC(=O)N(Cc2ccccc2Cl)C1=O. The molecule has 1 aliphatic heterocycles. The van der Waals surface area contributed by atoms with Crippen LogP contribution in [-0.4, -0.2) is 20.6 Å². The van der Waals surface area contributed by atoms with Crippen molar-refractivity contribution < 1.29 is 9.59 Å². The van der Waals surface area contributed by atoms with E-state index in [0.29, 0.717) is 9.93 Å². The van der Waals surface area contributed by atoms with Crippen LogP contribution in [0, 0.1) is 0 Å². The molecule has 1 saturated heterocycles. The Morgan fingerprint density at radius 3 is 2.64 bits per heavy atom. The summed E-state index contributed by atoms with van der Waals surface area (Å²) in [5.74, 6) is -0.281. The minimum Gasteiger partial charge on any atom is -0.351 e. The number of aryl methyl sites for hydroxylation is 1. The average molecular weight is 333 g/mol. The van der Waals surface area contributed by atoms with E-state index in [2.05, 4.69) is 0 Å². The molecule has 4 nitrogen and oxygen atoms in total. The summed E-state index contributed by atoms with van der Waals surface area (Å²) in [6.45, 7) is 0.189. The standard InChI is InChI=1S/C16H13ClN2O2S/c1-18-8-4-6-12(18)9-14-15(20)19(16(21)22-14)10-11-5-2-3-7-13(11)17/h2-9H,10H2,1H3/b14-9-. The highest BCUT2D eigenvalue weighted by Crippen LogP contribution is 2.34. The normalized spacial score (nSPS) is 16.8. The van der Waals surface area contributed by atoms with Crippen molar-refractivity contribution in [1.82, 2.24) is 9.47 Å². The second-order valence-corrected chi connectivity index (χ2v) is 6.30. The zero-order valence-electron chi connectivity index (χ0n) is 11.8. The Labute approximate surface area is 137 Å². The number of carbonyl (C=O) groups excluding carboxylic acids is 2. The van der Waals surface area contributed by atoms with E-state index >= 15 is 0 Å². The van der Waals surface area contributed by atoms with E-state index in [1.807, 2.05) is 48.1 Å². The summed E-state index contributed by atoms with van der Waals surface area (Å²) >= 11 is 7.05. The number of hydrogen-bond donors (Lipinski definition) is 0. The Morgan fingerprint density at radius 2 is 1.95 bits per heavy atom. The zero-order valence-corrected chi connectivity index (χ0v) is 13.4. The number of aromatic nitrogens is 1. The zero-order chi connectivity index (χ0) is 15.7. The molecule has 1 aromatic carbocycles. The van der Waals surface area contributed by atoms with Crippen molar-refractivity contribution in [3.63, 3.8) is 0 Å². The van der Waals surface area contributed by atoms with Gasteiger partial charge in [0.05, 0.1) is 11.4 Å². The Bertz CT molecular complexity index is 782. The maximum Gasteiger partial charge on any atom is 0.293 e. The van der Waals surface area contributed by atoms with Gasteiger partial charge >= 0.3 is 0 Å². The van der Waals surface area contributed by atoms with Gasteiger partial charge in [-0.15, -0.1) is 0 Å². The van der Waals surface area contributed by atoms with Crippen LogP contribution in [0.3, 0.4) is 0 Å². The fraction of sp³-hybridized carbons (Fsp3) is 0.125. The highest BCUT2D eigenvalue weighted by atomic mass is 35.5. The maximum absolute atomic E-state index is 12.4. The molecule has 0 bridgehead atoms. The molecule has 22 heavy (non-hydrogen) atoms. The van der Waals surface area contributed by atoms with Gasteiger partial charge in [0.1, 0.15) is 0 Å². The number of imide groups is 1. The molecule has 0 radical (unpaired) electrons. The molecule has 0 aliphatic carbocycles. The van der Waals surface area contributed by atoms with Crippen molar-refractivity contribution in [1.29, 1.82) is 0 Å². The summed E-state index contributed by atoms with van der Waals surface area (Å²) in [6.07, 6.45) is 3.62. The number of halogens is 1. The molecule has 2 aromatic rings. The first-order valence-electron chi connectivity index (χ1n) is 6.66. The first-order valence-corrected chi connectivity index (χ1v) is 7.86. The van der Waals surface area contributed by atoms with E-state index in [0.717, 1.165) is 23.0 Å². The van der Waals surface area contributed by atoms with E-state index in [4.69, 9.17) is 11.6 Å². The first kappa shape index (κ1) is 14.9. The molecule has 0 N–H and O–H groups in total. The molecule has 1 aliphatic rings. The molecule has 1 fully saturated rings. The number of benzene rings is 1. The van der Waals surface area contributed by atoms with Crippen LogP contribution in [0.25, 0.3) is 6.08 Å². The summed E-state index contributed by atoms with van der Waals surface area (Å²) < 4.78 is 1.89. The third-order valence-corrected chi connectivity index (χ3v) is 4.70. The van der Waals surface area contributed by atoms with Crippen molar-refractivity contribution in [3.05, 3.63) is 63.8 Å². The van der Waals surface area contributed by atoms with Gasteiger partial charge in [0, 0.05) is 24.0 Å². The Hall–Kier alpha value is -1.98. The molecule has 2 heterocycles. The average Bonchev–Trinajstić information content (AvgIpc) is 3.00. The Morgan fingerprint density at radius 1 is 1.18 bits per heavy atom. The number of amides is 2. The maximum atomic E-state index is 12.4. The van der Waals surface area contributed by atoms with Gasteiger partial charge in [0.25, 0.3) is 11.1 Å². The van der Waals surface area contributed by atoms with Crippen LogP contribution in [0.15, 0.2) is 47.5 Å². The number of carbonyl (C=O) groups is 2. The molecule has 0 saturated carbocycles. The smallest absolute Gasteiger partial charge is 0.293 e. The van der Waals surface area contributed by atoms with E-state index in [1.165, 1.54) is 4.90 Å². The van der Waals surface area contributed by atoms with Crippen molar-refractivity contribution in [2.75, 3.05) is 0 Å². The van der Waals surface area contributed by atoms with Crippen LogP contribution in [0.5, 0.6) is 0 Å². The minimum absolute atomic E-state index is 0.189. The summed E-state index contributed by atoms with van der Waals surface area (Å²) in [7, 11) is 1.89. The summed E-state index contributed by atoms with van der Waals surface area (Å²) in [5, 5.41) is 0.276. The third-order valence-electron chi connectivity index (χ3n) is 3.42. The predicted octanol–water partition coefficient (Wildman–Crippen LogP) is 3.92. The van der Waals surface area contributed by atoms with Gasteiger partial charge in [0.2, 0.25) is 0 Å². The van der Waals surface area contributed by atoms with Gasteiger partial charge in [-0.1, -0.05) is 29.8 Å². The number of hydrogen-bond acceptors (Lipinski definition) is 3. The molecule has 1 aromatic heterocycles. The van der Waals surface area contributed by atoms with Crippen LogP contribution in [0.1, 0.15) is 11.3 Å². The molecular formula is C16H13ClN2O2S. The lowest BCUT2D eigenvalue weighted by Crippen LogP contribution is -2.27. The van der Waals surface area contributed by atoms with Gasteiger partial charge in [-0.3, -0.25) is 14.5 Å². The van der Waals surface area contributed by atoms with Crippen molar-refractivity contribution in [2.45, 2.75) is 6.54 Å². The Kier molecular flexibility index (Phi) is 4.09. The second-order valence-electron chi connectivity index (χ2n) is 4.90. The number of rotatable bonds is 3. The van der Waals surface area contributed by atoms with E-state index in [1.54, 1.807) is 12.1 Å². The van der Waals surface area contributed by atoms with Crippen LogP contribution < -0.4 is 0 Å². The van der Waals surface area contributed by atoms with Crippen molar-refractivity contribution >= 4 is 40.6 Å². The van der Waals surface area contributed by atoms with E-state index in [9.17, 15) is 9.59 Å². The fourth-order valence-electron chi connectivity index (χ4n) is 2.19. The molecule has 3 rings (SSSR count). The molecule has 0 unspecified atom stereocenters. The highest BCUT2D eigenvalue weighted by molar-refractivity contribution is 8.18. The summed E-state index contributed by atoms with van der Waals surface area (Å²) in [6, 6.07) is 11.0. The lowest BCUT2D eigenvalue weighted by Gasteiger charge is -2.13. The Balaban J connectivity index is 1.85. The lowest BCUT2D eigenvalue weighted by molar-refractivity contribution is -0.123. The topological polar surface area (TPSA) is 42.3 Å². The van der Waals surface area contributed by atoms with Gasteiger partial charge in [-0.25, -0.2) is 0 Å². The lowest BCUT2D eigenvalue weighted by atomic mass is 10.2. The monoisotopic (exact) mass is 332 g/mol. The number of nitrogens with zero attached hydrogens (tertiary/aromatic N) is 2. The first-order chi connectivity index (χ1) is 10.6. The minimum atomic E-state index is -0.281. The van der Waals surface area contributed by atoms with Crippen LogP contribution in [0.4, 0.5) is 4.79 Å². The highest BCUT2D eigenvalue weighted by Gasteiger charge is 2.35. The second kappa shape index (κ2) is 6.02. The molecule has 0 atom stereocenters. The molecule has 2 amide bonds. The fourth-order valence-corrected chi connectivity index (χ4v) is 3.21. The summed E-state index contributed by atoms with van der Waals surface area (Å²) in [4.78, 5) is 26.2. The molecule has 112 valence electrons.